The van der Waals surface area contributed by atoms with Gasteiger partial charge in [0.25, 0.3) is 0 Å². The fraction of sp³-hybridized carbons (Fsp3) is 0.417. The van der Waals surface area contributed by atoms with Crippen LogP contribution in [0.25, 0.3) is 0 Å². The summed E-state index contributed by atoms with van der Waals surface area (Å²) >= 11 is 0. The van der Waals surface area contributed by atoms with Gasteiger partial charge in [0.1, 0.15) is 0 Å². The van der Waals surface area contributed by atoms with E-state index in [0.29, 0.717) is 18.4 Å². The molecule has 0 aliphatic heterocycles. The number of aliphatic imine (C=N–C) groups is 1. The molecule has 1 unspecified atom stereocenters. The van der Waals surface area contributed by atoms with Crippen molar-refractivity contribution >= 4 is 11.9 Å². The first-order chi connectivity index (χ1) is 14.2. The van der Waals surface area contributed by atoms with Crippen molar-refractivity contribution in [3.63, 3.8) is 0 Å². The number of nitrogens with one attached hydrogen (secondary N) is 3. The number of nitrogens with zero attached hydrogens (tertiary/aromatic N) is 1. The highest BCUT2D eigenvalue weighted by molar-refractivity contribution is 5.80. The molecule has 1 fully saturated rings. The fourth-order valence-corrected chi connectivity index (χ4v) is 3.36. The van der Waals surface area contributed by atoms with Crippen molar-refractivity contribution in [2.75, 3.05) is 20.1 Å². The Morgan fingerprint density at radius 2 is 1.72 bits per heavy atom. The van der Waals surface area contributed by atoms with E-state index in [0.717, 1.165) is 44.7 Å². The lowest BCUT2D eigenvalue weighted by molar-refractivity contribution is -0.121. The third-order valence-corrected chi connectivity index (χ3v) is 5.15. The molecule has 3 N–H and O–H groups in total. The van der Waals surface area contributed by atoms with E-state index in [1.165, 1.54) is 11.1 Å². The second-order valence-corrected chi connectivity index (χ2v) is 7.62. The highest BCUT2D eigenvalue weighted by Gasteiger charge is 2.22. The van der Waals surface area contributed by atoms with Crippen LogP contribution in [-0.4, -0.2) is 38.0 Å². The van der Waals surface area contributed by atoms with Gasteiger partial charge in [-0.25, -0.2) is 0 Å². The number of benzene rings is 2. The Labute approximate surface area is 174 Å². The van der Waals surface area contributed by atoms with E-state index in [1.54, 1.807) is 7.05 Å². The summed E-state index contributed by atoms with van der Waals surface area (Å²) in [6, 6.07) is 21.6. The molecule has 1 aliphatic rings. The molecule has 0 aromatic heterocycles. The monoisotopic (exact) mass is 392 g/mol. The molecule has 0 radical (unpaired) electrons. The van der Waals surface area contributed by atoms with Gasteiger partial charge in [0.05, 0.1) is 0 Å². The molecule has 0 heterocycles. The smallest absolute Gasteiger partial charge is 0.220 e. The maximum atomic E-state index is 11.8. The Kier molecular flexibility index (Phi) is 8.11. The molecule has 1 aliphatic carbocycles. The van der Waals surface area contributed by atoms with Gasteiger partial charge in [-0.05, 0) is 36.8 Å². The molecule has 0 spiro atoms. The summed E-state index contributed by atoms with van der Waals surface area (Å²) in [7, 11) is 1.78. The second-order valence-electron chi connectivity index (χ2n) is 7.62. The van der Waals surface area contributed by atoms with E-state index >= 15 is 0 Å². The average molecular weight is 393 g/mol. The van der Waals surface area contributed by atoms with E-state index < -0.39 is 0 Å². The van der Waals surface area contributed by atoms with E-state index in [2.05, 4.69) is 81.6 Å². The Balaban J connectivity index is 1.47. The van der Waals surface area contributed by atoms with Gasteiger partial charge in [-0.15, -0.1) is 0 Å². The lowest BCUT2D eigenvalue weighted by atomic mass is 9.92. The predicted molar refractivity (Wildman–Crippen MR) is 119 cm³/mol. The lowest BCUT2D eigenvalue weighted by Crippen LogP contribution is -2.40. The van der Waals surface area contributed by atoms with Crippen molar-refractivity contribution < 1.29 is 4.79 Å². The number of guanidine groups is 1. The minimum absolute atomic E-state index is 0.157. The summed E-state index contributed by atoms with van der Waals surface area (Å²) in [6.45, 7) is 1.52. The first-order valence-electron chi connectivity index (χ1n) is 10.6. The topological polar surface area (TPSA) is 65.5 Å². The molecule has 154 valence electrons. The van der Waals surface area contributed by atoms with Crippen LogP contribution in [0.3, 0.4) is 0 Å². The van der Waals surface area contributed by atoms with Crippen molar-refractivity contribution in [1.29, 1.82) is 0 Å². The van der Waals surface area contributed by atoms with Crippen LogP contribution in [0.5, 0.6) is 0 Å². The van der Waals surface area contributed by atoms with E-state index in [4.69, 9.17) is 0 Å². The van der Waals surface area contributed by atoms with Crippen molar-refractivity contribution in [2.24, 2.45) is 4.99 Å². The summed E-state index contributed by atoms with van der Waals surface area (Å²) in [5.41, 5.74) is 2.64. The van der Waals surface area contributed by atoms with Crippen LogP contribution in [0.2, 0.25) is 0 Å². The van der Waals surface area contributed by atoms with Gasteiger partial charge in [-0.2, -0.15) is 0 Å². The quantitative estimate of drug-likeness (QED) is 0.330. The fourth-order valence-electron chi connectivity index (χ4n) is 3.36. The minimum atomic E-state index is 0.157. The zero-order chi connectivity index (χ0) is 20.3. The molecule has 2 aromatic carbocycles. The minimum Gasteiger partial charge on any atom is -0.356 e. The van der Waals surface area contributed by atoms with Crippen molar-refractivity contribution in [3.05, 3.63) is 71.8 Å². The zero-order valence-corrected chi connectivity index (χ0v) is 17.2. The Bertz CT molecular complexity index is 772. The first-order valence-corrected chi connectivity index (χ1v) is 10.6. The first kappa shape index (κ1) is 20.9. The van der Waals surface area contributed by atoms with Crippen LogP contribution in [-0.2, 0) is 11.2 Å². The van der Waals surface area contributed by atoms with Gasteiger partial charge in [0, 0.05) is 38.5 Å². The molecule has 3 rings (SSSR count). The van der Waals surface area contributed by atoms with E-state index in [1.807, 2.05) is 0 Å². The molecule has 0 bridgehead atoms. The van der Waals surface area contributed by atoms with Gasteiger partial charge in [-0.1, -0.05) is 60.7 Å². The average Bonchev–Trinajstić information content (AvgIpc) is 3.57. The summed E-state index contributed by atoms with van der Waals surface area (Å²) < 4.78 is 0. The molecular weight excluding hydrogens is 360 g/mol. The van der Waals surface area contributed by atoms with E-state index in [-0.39, 0.29) is 5.91 Å². The molecular formula is C24H32N4O. The maximum absolute atomic E-state index is 11.8. The number of carbonyl (C=O) groups excluding carboxylic acids is 1. The summed E-state index contributed by atoms with van der Waals surface area (Å²) in [5, 5.41) is 9.81. The number of carbonyl (C=O) groups is 1. The predicted octanol–water partition coefficient (Wildman–Crippen LogP) is 3.24. The molecule has 1 amide bonds. The summed E-state index contributed by atoms with van der Waals surface area (Å²) in [5.74, 6) is 1.28. The van der Waals surface area contributed by atoms with Crippen molar-refractivity contribution in [3.8, 4) is 0 Å². The normalized spacial score (nSPS) is 14.9. The van der Waals surface area contributed by atoms with Crippen LogP contribution in [0.1, 0.15) is 42.7 Å². The molecule has 1 atom stereocenters. The van der Waals surface area contributed by atoms with E-state index in [9.17, 15) is 4.79 Å². The van der Waals surface area contributed by atoms with Gasteiger partial charge >= 0.3 is 0 Å². The lowest BCUT2D eigenvalue weighted by Gasteiger charge is -2.20. The highest BCUT2D eigenvalue weighted by atomic mass is 16.1. The second kappa shape index (κ2) is 11.2. The molecule has 0 saturated heterocycles. The summed E-state index contributed by atoms with van der Waals surface area (Å²) in [6.07, 6.45) is 4.58. The van der Waals surface area contributed by atoms with Crippen LogP contribution in [0, 0.1) is 0 Å². The van der Waals surface area contributed by atoms with Crippen molar-refractivity contribution in [1.82, 2.24) is 16.0 Å². The molecule has 2 aromatic rings. The van der Waals surface area contributed by atoms with Gasteiger partial charge in [0.2, 0.25) is 5.91 Å². The standard InChI is InChI=1S/C24H32N4O/c1-25-24(26-16-8-13-23(29)28-22-14-15-22)27-18-21(20-11-6-3-7-12-20)17-19-9-4-2-5-10-19/h2-7,9-12,21-22H,8,13-18H2,1H3,(H,28,29)(H2,25,26,27). The third-order valence-electron chi connectivity index (χ3n) is 5.15. The number of rotatable bonds is 10. The molecule has 5 heteroatoms. The third kappa shape index (κ3) is 7.60. The Hall–Kier alpha value is -2.82. The molecule has 5 nitrogen and oxygen atoms in total. The van der Waals surface area contributed by atoms with Crippen molar-refractivity contribution in [2.45, 2.75) is 44.1 Å². The van der Waals surface area contributed by atoms with Gasteiger partial charge < -0.3 is 16.0 Å². The molecule has 29 heavy (non-hydrogen) atoms. The van der Waals surface area contributed by atoms with Crippen LogP contribution >= 0.6 is 0 Å². The number of hydrogen-bond acceptors (Lipinski definition) is 2. The largest absolute Gasteiger partial charge is 0.356 e. The van der Waals surface area contributed by atoms with Gasteiger partial charge in [0.15, 0.2) is 5.96 Å². The molecule has 1 saturated carbocycles. The number of hydrogen-bond donors (Lipinski definition) is 3. The highest BCUT2D eigenvalue weighted by Crippen LogP contribution is 2.20. The van der Waals surface area contributed by atoms with Crippen LogP contribution < -0.4 is 16.0 Å². The zero-order valence-electron chi connectivity index (χ0n) is 17.2. The van der Waals surface area contributed by atoms with Crippen LogP contribution in [0.15, 0.2) is 65.7 Å². The number of amides is 1. The van der Waals surface area contributed by atoms with Gasteiger partial charge in [-0.3, -0.25) is 9.79 Å². The van der Waals surface area contributed by atoms with Crippen LogP contribution in [0.4, 0.5) is 0 Å². The summed E-state index contributed by atoms with van der Waals surface area (Å²) in [4.78, 5) is 16.1. The SMILES string of the molecule is CN=C(NCCCC(=O)NC1CC1)NCC(Cc1ccccc1)c1ccccc1. The maximum Gasteiger partial charge on any atom is 0.220 e. The Morgan fingerprint density at radius 3 is 2.38 bits per heavy atom. The Morgan fingerprint density at radius 1 is 1.03 bits per heavy atom.